The van der Waals surface area contributed by atoms with Crippen molar-refractivity contribution >= 4 is 5.97 Å². The number of oxazole rings is 1. The fraction of sp³-hybridized carbons (Fsp3) is 0.667. The maximum atomic E-state index is 10.9. The highest BCUT2D eigenvalue weighted by atomic mass is 16.4. The van der Waals surface area contributed by atoms with Crippen molar-refractivity contribution < 1.29 is 14.3 Å². The molecule has 1 atom stereocenters. The average Bonchev–Trinajstić information content (AvgIpc) is 2.73. The Hall–Kier alpha value is -1.36. The van der Waals surface area contributed by atoms with E-state index in [9.17, 15) is 4.79 Å². The number of carboxylic acid groups (broad SMARTS) is 1. The molecule has 1 aromatic heterocycles. The van der Waals surface area contributed by atoms with Crippen LogP contribution < -0.4 is 0 Å². The first-order valence-electron chi connectivity index (χ1n) is 6.05. The number of carbonyl (C=O) groups is 1. The van der Waals surface area contributed by atoms with Crippen LogP contribution in [0.1, 0.15) is 43.4 Å². The van der Waals surface area contributed by atoms with Gasteiger partial charge in [-0.15, -0.1) is 0 Å². The molecule has 1 aliphatic rings. The number of aryl methyl sites for hydroxylation is 1. The van der Waals surface area contributed by atoms with E-state index in [2.05, 4.69) is 9.88 Å². The van der Waals surface area contributed by atoms with Crippen molar-refractivity contribution in [1.82, 2.24) is 9.88 Å². The van der Waals surface area contributed by atoms with Gasteiger partial charge in [-0.05, 0) is 32.9 Å². The molecule has 0 aliphatic carbocycles. The second-order valence-electron chi connectivity index (χ2n) is 4.52. The second-order valence-corrected chi connectivity index (χ2v) is 4.52. The monoisotopic (exact) mass is 238 g/mol. The van der Waals surface area contributed by atoms with Crippen molar-refractivity contribution in [1.29, 1.82) is 0 Å². The van der Waals surface area contributed by atoms with Crippen LogP contribution in [0.15, 0.2) is 10.6 Å². The second kappa shape index (κ2) is 5.31. The van der Waals surface area contributed by atoms with E-state index in [1.165, 1.54) is 6.42 Å². The van der Waals surface area contributed by atoms with Gasteiger partial charge in [0.1, 0.15) is 5.76 Å². The summed E-state index contributed by atoms with van der Waals surface area (Å²) in [5.74, 6) is 0.454. The van der Waals surface area contributed by atoms with Gasteiger partial charge < -0.3 is 9.52 Å². The van der Waals surface area contributed by atoms with Crippen LogP contribution in [0.25, 0.3) is 0 Å². The first-order chi connectivity index (χ1) is 8.16. The van der Waals surface area contributed by atoms with Crippen LogP contribution >= 0.6 is 0 Å². The number of aliphatic carboxylic acids is 1. The lowest BCUT2D eigenvalue weighted by atomic mass is 10.1. The topological polar surface area (TPSA) is 66.6 Å². The van der Waals surface area contributed by atoms with Gasteiger partial charge in [0.2, 0.25) is 5.89 Å². The number of piperidine rings is 1. The standard InChI is InChI=1S/C12H18N2O3/c1-9-8-13-12(17-9)10(7-11(15)16)14-5-3-2-4-6-14/h8,10H,2-7H2,1H3,(H,15,16). The van der Waals surface area contributed by atoms with E-state index in [0.29, 0.717) is 5.89 Å². The quantitative estimate of drug-likeness (QED) is 0.868. The molecule has 0 amide bonds. The Kier molecular flexibility index (Phi) is 3.78. The molecule has 0 bridgehead atoms. The zero-order valence-corrected chi connectivity index (χ0v) is 10.1. The maximum absolute atomic E-state index is 10.9. The van der Waals surface area contributed by atoms with E-state index in [1.807, 2.05) is 6.92 Å². The van der Waals surface area contributed by atoms with Gasteiger partial charge in [0.25, 0.3) is 0 Å². The fourth-order valence-corrected chi connectivity index (χ4v) is 2.29. The third-order valence-corrected chi connectivity index (χ3v) is 3.12. The van der Waals surface area contributed by atoms with Gasteiger partial charge in [0, 0.05) is 0 Å². The largest absolute Gasteiger partial charge is 0.481 e. The minimum atomic E-state index is -0.809. The highest BCUT2D eigenvalue weighted by Gasteiger charge is 2.28. The summed E-state index contributed by atoms with van der Waals surface area (Å²) in [5.41, 5.74) is 0. The van der Waals surface area contributed by atoms with Crippen molar-refractivity contribution in [3.63, 3.8) is 0 Å². The van der Waals surface area contributed by atoms with Gasteiger partial charge in [-0.3, -0.25) is 9.69 Å². The van der Waals surface area contributed by atoms with Crippen LogP contribution in [0.5, 0.6) is 0 Å². The number of hydrogen-bond donors (Lipinski definition) is 1. The summed E-state index contributed by atoms with van der Waals surface area (Å²) in [6.07, 6.45) is 5.17. The van der Waals surface area contributed by atoms with Crippen LogP contribution in [0, 0.1) is 6.92 Å². The molecule has 1 saturated heterocycles. The lowest BCUT2D eigenvalue weighted by Gasteiger charge is -2.31. The zero-order chi connectivity index (χ0) is 12.3. The minimum Gasteiger partial charge on any atom is -0.481 e. The van der Waals surface area contributed by atoms with Crippen LogP contribution in [0.4, 0.5) is 0 Å². The van der Waals surface area contributed by atoms with Crippen molar-refractivity contribution in [3.05, 3.63) is 17.8 Å². The van der Waals surface area contributed by atoms with Gasteiger partial charge in [0.15, 0.2) is 0 Å². The molecule has 0 radical (unpaired) electrons. The van der Waals surface area contributed by atoms with E-state index >= 15 is 0 Å². The Balaban J connectivity index is 2.14. The molecule has 5 nitrogen and oxygen atoms in total. The summed E-state index contributed by atoms with van der Waals surface area (Å²) in [6, 6.07) is -0.221. The molecule has 2 heterocycles. The Morgan fingerprint density at radius 2 is 2.24 bits per heavy atom. The third-order valence-electron chi connectivity index (χ3n) is 3.12. The molecular formula is C12H18N2O3. The maximum Gasteiger partial charge on any atom is 0.305 e. The molecule has 1 aliphatic heterocycles. The van der Waals surface area contributed by atoms with E-state index in [4.69, 9.17) is 9.52 Å². The first-order valence-corrected chi connectivity index (χ1v) is 6.05. The lowest BCUT2D eigenvalue weighted by Crippen LogP contribution is -2.35. The highest BCUT2D eigenvalue weighted by Crippen LogP contribution is 2.27. The Morgan fingerprint density at radius 3 is 2.76 bits per heavy atom. The van der Waals surface area contributed by atoms with E-state index in [1.54, 1.807) is 6.20 Å². The van der Waals surface area contributed by atoms with Crippen molar-refractivity contribution in [2.45, 2.75) is 38.6 Å². The highest BCUT2D eigenvalue weighted by molar-refractivity contribution is 5.67. The van der Waals surface area contributed by atoms with E-state index < -0.39 is 5.97 Å². The van der Waals surface area contributed by atoms with Crippen LogP contribution in [-0.2, 0) is 4.79 Å². The molecule has 17 heavy (non-hydrogen) atoms. The third kappa shape index (κ3) is 3.06. The van der Waals surface area contributed by atoms with Gasteiger partial charge >= 0.3 is 5.97 Å². The fourth-order valence-electron chi connectivity index (χ4n) is 2.29. The smallest absolute Gasteiger partial charge is 0.305 e. The number of nitrogens with zero attached hydrogens (tertiary/aromatic N) is 2. The number of carboxylic acids is 1. The summed E-state index contributed by atoms with van der Waals surface area (Å²) in [7, 11) is 0. The summed E-state index contributed by atoms with van der Waals surface area (Å²) in [4.78, 5) is 17.3. The van der Waals surface area contributed by atoms with Gasteiger partial charge in [-0.25, -0.2) is 4.98 Å². The van der Waals surface area contributed by atoms with Crippen LogP contribution in [-0.4, -0.2) is 34.0 Å². The normalized spacial score (nSPS) is 19.1. The van der Waals surface area contributed by atoms with Crippen molar-refractivity contribution in [2.24, 2.45) is 0 Å². The SMILES string of the molecule is Cc1cnc(C(CC(=O)O)N2CCCCC2)o1. The zero-order valence-electron chi connectivity index (χ0n) is 10.1. The first kappa shape index (κ1) is 12.1. The molecule has 1 aromatic rings. The summed E-state index contributed by atoms with van der Waals surface area (Å²) < 4.78 is 5.48. The van der Waals surface area contributed by atoms with E-state index in [0.717, 1.165) is 31.7 Å². The van der Waals surface area contributed by atoms with Crippen molar-refractivity contribution in [2.75, 3.05) is 13.1 Å². The predicted molar refractivity (Wildman–Crippen MR) is 61.7 cm³/mol. The average molecular weight is 238 g/mol. The molecule has 2 rings (SSSR count). The molecule has 94 valence electrons. The summed E-state index contributed by atoms with van der Waals surface area (Å²) in [6.45, 7) is 3.68. The molecule has 0 saturated carbocycles. The summed E-state index contributed by atoms with van der Waals surface area (Å²) >= 11 is 0. The predicted octanol–water partition coefficient (Wildman–Crippen LogP) is 1.98. The lowest BCUT2D eigenvalue weighted by molar-refractivity contribution is -0.138. The molecule has 1 fully saturated rings. The number of rotatable bonds is 4. The molecule has 0 spiro atoms. The molecule has 0 aromatic carbocycles. The number of hydrogen-bond acceptors (Lipinski definition) is 4. The minimum absolute atomic E-state index is 0.0555. The summed E-state index contributed by atoms with van der Waals surface area (Å²) in [5, 5.41) is 8.99. The number of likely N-dealkylation sites (tertiary alicyclic amines) is 1. The number of aromatic nitrogens is 1. The molecular weight excluding hydrogens is 220 g/mol. The Labute approximate surface area is 100 Å². The molecule has 1 N–H and O–H groups in total. The van der Waals surface area contributed by atoms with Crippen LogP contribution in [0.2, 0.25) is 0 Å². The Bertz CT molecular complexity index is 383. The Morgan fingerprint density at radius 1 is 1.53 bits per heavy atom. The van der Waals surface area contributed by atoms with E-state index in [-0.39, 0.29) is 12.5 Å². The van der Waals surface area contributed by atoms with Gasteiger partial charge in [0.05, 0.1) is 18.7 Å². The van der Waals surface area contributed by atoms with Gasteiger partial charge in [-0.2, -0.15) is 0 Å². The van der Waals surface area contributed by atoms with Gasteiger partial charge in [-0.1, -0.05) is 6.42 Å². The molecule has 1 unspecified atom stereocenters. The molecule has 5 heteroatoms. The van der Waals surface area contributed by atoms with Crippen LogP contribution in [0.3, 0.4) is 0 Å². The van der Waals surface area contributed by atoms with Crippen molar-refractivity contribution in [3.8, 4) is 0 Å².